The summed E-state index contributed by atoms with van der Waals surface area (Å²) in [5.74, 6) is 0. The number of hydrogen-bond donors (Lipinski definition) is 0. The van der Waals surface area contributed by atoms with E-state index in [4.69, 9.17) is 4.74 Å². The van der Waals surface area contributed by atoms with Crippen molar-refractivity contribution in [2.75, 3.05) is 0 Å². The Morgan fingerprint density at radius 3 is 2.83 bits per heavy atom. The molecule has 0 saturated carbocycles. The van der Waals surface area contributed by atoms with Crippen molar-refractivity contribution in [2.45, 2.75) is 19.4 Å². The van der Waals surface area contributed by atoms with Crippen LogP contribution in [0, 0.1) is 0 Å². The zero-order valence-electron chi connectivity index (χ0n) is 6.99. The summed E-state index contributed by atoms with van der Waals surface area (Å²) in [5.41, 5.74) is 2.74. The summed E-state index contributed by atoms with van der Waals surface area (Å²) >= 11 is 0. The lowest BCUT2D eigenvalue weighted by Crippen LogP contribution is -1.97. The molecule has 0 bridgehead atoms. The SMILES string of the molecule is C1=C\OCc2ccccc2CC/1. The fourth-order valence-electron chi connectivity index (χ4n) is 1.46. The van der Waals surface area contributed by atoms with Gasteiger partial charge in [0, 0.05) is 0 Å². The Morgan fingerprint density at radius 1 is 1.08 bits per heavy atom. The lowest BCUT2D eigenvalue weighted by molar-refractivity contribution is 0.232. The van der Waals surface area contributed by atoms with Crippen molar-refractivity contribution in [1.29, 1.82) is 0 Å². The van der Waals surface area contributed by atoms with E-state index in [1.165, 1.54) is 11.1 Å². The van der Waals surface area contributed by atoms with Crippen molar-refractivity contribution in [2.24, 2.45) is 0 Å². The molecule has 0 spiro atoms. The van der Waals surface area contributed by atoms with E-state index in [0.717, 1.165) is 12.8 Å². The van der Waals surface area contributed by atoms with Crippen molar-refractivity contribution in [3.8, 4) is 0 Å². The first kappa shape index (κ1) is 7.41. The van der Waals surface area contributed by atoms with Gasteiger partial charge in [0.1, 0.15) is 6.61 Å². The van der Waals surface area contributed by atoms with E-state index in [9.17, 15) is 0 Å². The van der Waals surface area contributed by atoms with E-state index >= 15 is 0 Å². The predicted molar refractivity (Wildman–Crippen MR) is 48.7 cm³/mol. The number of aryl methyl sites for hydroxylation is 1. The molecule has 1 aliphatic rings. The van der Waals surface area contributed by atoms with Crippen LogP contribution >= 0.6 is 0 Å². The van der Waals surface area contributed by atoms with E-state index in [2.05, 4.69) is 30.3 Å². The van der Waals surface area contributed by atoms with Gasteiger partial charge in [-0.1, -0.05) is 24.3 Å². The highest BCUT2D eigenvalue weighted by Gasteiger charge is 2.01. The van der Waals surface area contributed by atoms with Crippen molar-refractivity contribution in [1.82, 2.24) is 0 Å². The lowest BCUT2D eigenvalue weighted by atomic mass is 10.0. The third kappa shape index (κ3) is 1.50. The van der Waals surface area contributed by atoms with E-state index in [-0.39, 0.29) is 0 Å². The van der Waals surface area contributed by atoms with Crippen LogP contribution in [0.3, 0.4) is 0 Å². The fourth-order valence-corrected chi connectivity index (χ4v) is 1.46. The standard InChI is InChI=1S/C11H12O/c1-2-7-11-9-12-8-4-3-6-10(11)5-1/h1-2,4-5,7-8H,3,6,9H2/b8-4-. The highest BCUT2D eigenvalue weighted by atomic mass is 16.5. The molecule has 1 nitrogen and oxygen atoms in total. The van der Waals surface area contributed by atoms with Crippen molar-refractivity contribution in [3.63, 3.8) is 0 Å². The quantitative estimate of drug-likeness (QED) is 0.567. The molecule has 0 atom stereocenters. The van der Waals surface area contributed by atoms with Gasteiger partial charge in [-0.05, 0) is 30.0 Å². The summed E-state index contributed by atoms with van der Waals surface area (Å²) in [4.78, 5) is 0. The van der Waals surface area contributed by atoms with E-state index < -0.39 is 0 Å². The van der Waals surface area contributed by atoms with Gasteiger partial charge in [0.25, 0.3) is 0 Å². The largest absolute Gasteiger partial charge is 0.497 e. The van der Waals surface area contributed by atoms with E-state index in [0.29, 0.717) is 6.61 Å². The van der Waals surface area contributed by atoms with Gasteiger partial charge in [-0.15, -0.1) is 0 Å². The molecule has 1 heteroatoms. The number of rotatable bonds is 0. The van der Waals surface area contributed by atoms with Crippen molar-refractivity contribution < 1.29 is 4.74 Å². The summed E-state index contributed by atoms with van der Waals surface area (Å²) in [6, 6.07) is 8.46. The maximum atomic E-state index is 5.32. The monoisotopic (exact) mass is 160 g/mol. The fraction of sp³-hybridized carbons (Fsp3) is 0.273. The Balaban J connectivity index is 2.29. The van der Waals surface area contributed by atoms with Gasteiger partial charge in [-0.25, -0.2) is 0 Å². The highest BCUT2D eigenvalue weighted by molar-refractivity contribution is 5.27. The van der Waals surface area contributed by atoms with Crippen LogP contribution in [0.4, 0.5) is 0 Å². The Morgan fingerprint density at radius 2 is 1.92 bits per heavy atom. The number of benzene rings is 1. The van der Waals surface area contributed by atoms with Crippen LogP contribution in [-0.2, 0) is 17.8 Å². The Bertz CT molecular complexity index is 260. The lowest BCUT2D eigenvalue weighted by Gasteiger charge is -2.10. The summed E-state index contributed by atoms with van der Waals surface area (Å²) in [7, 11) is 0. The average molecular weight is 160 g/mol. The van der Waals surface area contributed by atoms with Crippen LogP contribution in [0.1, 0.15) is 17.5 Å². The molecule has 0 fully saturated rings. The molecular weight excluding hydrogens is 148 g/mol. The second-order valence-electron chi connectivity index (χ2n) is 2.99. The summed E-state index contributed by atoms with van der Waals surface area (Å²) < 4.78 is 5.32. The van der Waals surface area contributed by atoms with Crippen molar-refractivity contribution in [3.05, 3.63) is 47.7 Å². The minimum absolute atomic E-state index is 0.715. The molecule has 0 amide bonds. The first-order valence-electron chi connectivity index (χ1n) is 4.30. The Kier molecular flexibility index (Phi) is 2.12. The van der Waals surface area contributed by atoms with Gasteiger partial charge < -0.3 is 4.74 Å². The molecule has 0 aromatic heterocycles. The minimum Gasteiger partial charge on any atom is -0.497 e. The topological polar surface area (TPSA) is 9.23 Å². The molecular formula is C11H12O. The van der Waals surface area contributed by atoms with Gasteiger partial charge in [-0.2, -0.15) is 0 Å². The van der Waals surface area contributed by atoms with E-state index in [1.54, 1.807) is 6.26 Å². The third-order valence-corrected chi connectivity index (χ3v) is 2.13. The zero-order chi connectivity index (χ0) is 8.23. The summed E-state index contributed by atoms with van der Waals surface area (Å²) in [6.07, 6.45) is 6.10. The zero-order valence-corrected chi connectivity index (χ0v) is 6.99. The summed E-state index contributed by atoms with van der Waals surface area (Å²) in [5, 5.41) is 0. The highest BCUT2D eigenvalue weighted by Crippen LogP contribution is 2.14. The molecule has 2 rings (SSSR count). The van der Waals surface area contributed by atoms with Crippen LogP contribution in [0.25, 0.3) is 0 Å². The molecule has 0 unspecified atom stereocenters. The summed E-state index contributed by atoms with van der Waals surface area (Å²) in [6.45, 7) is 0.715. The first-order chi connectivity index (χ1) is 5.97. The molecule has 62 valence electrons. The molecule has 0 radical (unpaired) electrons. The second-order valence-corrected chi connectivity index (χ2v) is 2.99. The number of ether oxygens (including phenoxy) is 1. The molecule has 0 saturated heterocycles. The Hall–Kier alpha value is -1.24. The van der Waals surface area contributed by atoms with Gasteiger partial charge in [0.15, 0.2) is 0 Å². The maximum absolute atomic E-state index is 5.32. The average Bonchev–Trinajstić information content (AvgIpc) is 2.06. The first-order valence-corrected chi connectivity index (χ1v) is 4.30. The normalized spacial score (nSPS) is 18.3. The smallest absolute Gasteiger partial charge is 0.113 e. The number of fused-ring (bicyclic) bond motifs is 1. The van der Waals surface area contributed by atoms with Crippen LogP contribution in [0.15, 0.2) is 36.6 Å². The van der Waals surface area contributed by atoms with Crippen LogP contribution in [0.2, 0.25) is 0 Å². The molecule has 0 aliphatic carbocycles. The second kappa shape index (κ2) is 3.44. The van der Waals surface area contributed by atoms with Crippen LogP contribution in [0.5, 0.6) is 0 Å². The molecule has 1 aromatic rings. The third-order valence-electron chi connectivity index (χ3n) is 2.13. The van der Waals surface area contributed by atoms with Crippen LogP contribution in [-0.4, -0.2) is 0 Å². The maximum Gasteiger partial charge on any atom is 0.113 e. The number of allylic oxidation sites excluding steroid dienone is 1. The molecule has 12 heavy (non-hydrogen) atoms. The van der Waals surface area contributed by atoms with E-state index in [1.807, 2.05) is 0 Å². The van der Waals surface area contributed by atoms with Crippen molar-refractivity contribution >= 4 is 0 Å². The predicted octanol–water partition coefficient (Wildman–Crippen LogP) is 2.66. The molecule has 1 aliphatic heterocycles. The van der Waals surface area contributed by atoms with Crippen LogP contribution < -0.4 is 0 Å². The van der Waals surface area contributed by atoms with Gasteiger partial charge in [0.05, 0.1) is 6.26 Å². The minimum atomic E-state index is 0.715. The van der Waals surface area contributed by atoms with Gasteiger partial charge >= 0.3 is 0 Å². The Labute approximate surface area is 72.7 Å². The van der Waals surface area contributed by atoms with Gasteiger partial charge in [0.2, 0.25) is 0 Å². The number of hydrogen-bond acceptors (Lipinski definition) is 1. The van der Waals surface area contributed by atoms with Gasteiger partial charge in [-0.3, -0.25) is 0 Å². The molecule has 0 N–H and O–H groups in total. The molecule has 1 heterocycles. The molecule has 1 aromatic carbocycles.